The lowest BCUT2D eigenvalue weighted by Crippen LogP contribution is -2.10. The van der Waals surface area contributed by atoms with Gasteiger partial charge in [0.15, 0.2) is 5.76 Å². The number of fused-ring (bicyclic) bond motifs is 1. The maximum Gasteiger partial charge on any atom is 0.316 e. The molecule has 0 saturated carbocycles. The number of esters is 1. The fourth-order valence-corrected chi connectivity index (χ4v) is 3.30. The Morgan fingerprint density at radius 1 is 1.23 bits per heavy atom. The zero-order valence-electron chi connectivity index (χ0n) is 13.9. The minimum atomic E-state index is -0.362. The van der Waals surface area contributed by atoms with Crippen LogP contribution in [0.3, 0.4) is 0 Å². The summed E-state index contributed by atoms with van der Waals surface area (Å²) >= 11 is 1.50. The number of carbonyl (C=O) groups excluding carboxylic acids is 2. The molecule has 0 fully saturated rings. The Morgan fingerprint density at radius 3 is 2.85 bits per heavy atom. The van der Waals surface area contributed by atoms with Crippen LogP contribution in [0.2, 0.25) is 0 Å². The highest BCUT2D eigenvalue weighted by atomic mass is 32.1. The molecule has 26 heavy (non-hydrogen) atoms. The van der Waals surface area contributed by atoms with Crippen molar-refractivity contribution in [2.24, 2.45) is 0 Å². The first-order valence-electron chi connectivity index (χ1n) is 7.96. The van der Waals surface area contributed by atoms with Gasteiger partial charge in [0, 0.05) is 17.0 Å². The van der Waals surface area contributed by atoms with Gasteiger partial charge < -0.3 is 13.9 Å². The molecule has 3 heterocycles. The quantitative estimate of drug-likeness (QED) is 0.389. The van der Waals surface area contributed by atoms with E-state index < -0.39 is 0 Å². The maximum atomic E-state index is 12.4. The third kappa shape index (κ3) is 3.32. The van der Waals surface area contributed by atoms with Crippen molar-refractivity contribution < 1.29 is 23.5 Å². The van der Waals surface area contributed by atoms with E-state index in [0.717, 1.165) is 10.6 Å². The Labute approximate surface area is 153 Å². The second-order valence-electron chi connectivity index (χ2n) is 5.78. The lowest BCUT2D eigenvalue weighted by Gasteiger charge is -2.05. The second-order valence-corrected chi connectivity index (χ2v) is 6.81. The van der Waals surface area contributed by atoms with Crippen LogP contribution in [0, 0.1) is 6.92 Å². The van der Waals surface area contributed by atoms with Gasteiger partial charge in [0.1, 0.15) is 23.0 Å². The van der Waals surface area contributed by atoms with Crippen molar-refractivity contribution in [3.63, 3.8) is 0 Å². The van der Waals surface area contributed by atoms with Gasteiger partial charge in [0.2, 0.25) is 5.78 Å². The van der Waals surface area contributed by atoms with E-state index in [1.165, 1.54) is 11.3 Å². The van der Waals surface area contributed by atoms with Gasteiger partial charge in [-0.3, -0.25) is 9.59 Å². The SMILES string of the molecule is Cc1ccc(/C=C2\Oc3cc(OC(=O)Cc4cccs4)ccc3C2=O)o1. The Morgan fingerprint density at radius 2 is 2.12 bits per heavy atom. The summed E-state index contributed by atoms with van der Waals surface area (Å²) in [5, 5.41) is 1.91. The number of rotatable bonds is 4. The number of benzene rings is 1. The molecule has 2 aromatic heterocycles. The van der Waals surface area contributed by atoms with Crippen LogP contribution >= 0.6 is 11.3 Å². The van der Waals surface area contributed by atoms with Crippen LogP contribution in [0.5, 0.6) is 11.5 Å². The molecule has 0 atom stereocenters. The van der Waals surface area contributed by atoms with E-state index in [4.69, 9.17) is 13.9 Å². The Kier molecular flexibility index (Phi) is 4.18. The van der Waals surface area contributed by atoms with E-state index in [1.54, 1.807) is 30.3 Å². The molecule has 4 rings (SSSR count). The molecule has 130 valence electrons. The summed E-state index contributed by atoms with van der Waals surface area (Å²) in [6.45, 7) is 1.82. The Balaban J connectivity index is 1.50. The molecule has 1 aliphatic rings. The summed E-state index contributed by atoms with van der Waals surface area (Å²) in [4.78, 5) is 25.3. The van der Waals surface area contributed by atoms with Gasteiger partial charge in [-0.1, -0.05) is 6.07 Å². The molecule has 1 aromatic carbocycles. The minimum absolute atomic E-state index is 0.177. The first-order chi connectivity index (χ1) is 12.6. The van der Waals surface area contributed by atoms with E-state index in [2.05, 4.69) is 0 Å². The highest BCUT2D eigenvalue weighted by Gasteiger charge is 2.28. The number of ketones is 1. The number of aryl methyl sites for hydroxylation is 1. The maximum absolute atomic E-state index is 12.4. The second kappa shape index (κ2) is 6.65. The van der Waals surface area contributed by atoms with Gasteiger partial charge in [-0.2, -0.15) is 0 Å². The van der Waals surface area contributed by atoms with Crippen molar-refractivity contribution in [2.45, 2.75) is 13.3 Å². The number of hydrogen-bond donors (Lipinski definition) is 0. The average molecular weight is 366 g/mol. The summed E-state index contributed by atoms with van der Waals surface area (Å²) in [5.74, 6) is 1.58. The number of carbonyl (C=O) groups is 2. The van der Waals surface area contributed by atoms with Crippen LogP contribution < -0.4 is 9.47 Å². The summed E-state index contributed by atoms with van der Waals surface area (Å²) in [5.41, 5.74) is 0.428. The molecule has 0 aliphatic carbocycles. The van der Waals surface area contributed by atoms with E-state index >= 15 is 0 Å². The monoisotopic (exact) mass is 366 g/mol. The van der Waals surface area contributed by atoms with Crippen molar-refractivity contribution in [3.8, 4) is 11.5 Å². The lowest BCUT2D eigenvalue weighted by molar-refractivity contribution is -0.133. The van der Waals surface area contributed by atoms with Crippen LogP contribution in [0.25, 0.3) is 6.08 Å². The molecular formula is C20H14O5S. The van der Waals surface area contributed by atoms with Gasteiger partial charge in [-0.05, 0) is 42.6 Å². The molecule has 1 aliphatic heterocycles. The first kappa shape index (κ1) is 16.4. The summed E-state index contributed by atoms with van der Waals surface area (Å²) in [6, 6.07) is 12.1. The van der Waals surface area contributed by atoms with Gasteiger partial charge in [-0.15, -0.1) is 11.3 Å². The van der Waals surface area contributed by atoms with Crippen molar-refractivity contribution >= 4 is 29.2 Å². The molecule has 0 N–H and O–H groups in total. The first-order valence-corrected chi connectivity index (χ1v) is 8.84. The number of allylic oxidation sites excluding steroid dienone is 1. The van der Waals surface area contributed by atoms with Crippen LogP contribution in [-0.4, -0.2) is 11.8 Å². The van der Waals surface area contributed by atoms with Gasteiger partial charge in [-0.25, -0.2) is 0 Å². The zero-order valence-corrected chi connectivity index (χ0v) is 14.7. The third-order valence-corrected chi connectivity index (χ3v) is 4.68. The molecule has 0 saturated heterocycles. The highest BCUT2D eigenvalue weighted by molar-refractivity contribution is 7.10. The lowest BCUT2D eigenvalue weighted by atomic mass is 10.1. The van der Waals surface area contributed by atoms with Crippen molar-refractivity contribution in [1.82, 2.24) is 0 Å². The third-order valence-electron chi connectivity index (χ3n) is 3.81. The van der Waals surface area contributed by atoms with E-state index in [0.29, 0.717) is 22.8 Å². The molecule has 0 amide bonds. The fourth-order valence-electron chi connectivity index (χ4n) is 2.61. The molecule has 0 bridgehead atoms. The number of thiophene rings is 1. The fraction of sp³-hybridized carbons (Fsp3) is 0.100. The number of ether oxygens (including phenoxy) is 2. The number of Topliss-reactive ketones (excluding diaryl/α,β-unsaturated/α-hetero) is 1. The normalized spacial score (nSPS) is 14.3. The highest BCUT2D eigenvalue weighted by Crippen LogP contribution is 2.35. The zero-order chi connectivity index (χ0) is 18.1. The van der Waals surface area contributed by atoms with Crippen molar-refractivity contribution in [1.29, 1.82) is 0 Å². The molecule has 5 nitrogen and oxygen atoms in total. The molecule has 3 aromatic rings. The van der Waals surface area contributed by atoms with E-state index in [-0.39, 0.29) is 23.9 Å². The molecule has 0 unspecified atom stereocenters. The van der Waals surface area contributed by atoms with E-state index in [9.17, 15) is 9.59 Å². The van der Waals surface area contributed by atoms with Crippen LogP contribution in [0.15, 0.2) is 58.0 Å². The predicted molar refractivity (Wildman–Crippen MR) is 96.5 cm³/mol. The minimum Gasteiger partial charge on any atom is -0.462 e. The van der Waals surface area contributed by atoms with E-state index in [1.807, 2.05) is 30.5 Å². The van der Waals surface area contributed by atoms with Gasteiger partial charge >= 0.3 is 5.97 Å². The van der Waals surface area contributed by atoms with Gasteiger partial charge in [0.25, 0.3) is 0 Å². The summed E-state index contributed by atoms with van der Waals surface area (Å²) in [7, 11) is 0. The molecule has 6 heteroatoms. The Bertz CT molecular complexity index is 1010. The van der Waals surface area contributed by atoms with Crippen LogP contribution in [-0.2, 0) is 11.2 Å². The summed E-state index contributed by atoms with van der Waals surface area (Å²) < 4.78 is 16.4. The van der Waals surface area contributed by atoms with Crippen LogP contribution in [0.1, 0.15) is 26.8 Å². The van der Waals surface area contributed by atoms with Crippen LogP contribution in [0.4, 0.5) is 0 Å². The van der Waals surface area contributed by atoms with Crippen molar-refractivity contribution in [3.05, 3.63) is 75.6 Å². The largest absolute Gasteiger partial charge is 0.462 e. The smallest absolute Gasteiger partial charge is 0.316 e. The molecule has 0 spiro atoms. The summed E-state index contributed by atoms with van der Waals surface area (Å²) in [6.07, 6.45) is 1.76. The standard InChI is InChI=1S/C20H14O5S/c1-12-4-5-13(23-12)10-18-20(22)16-7-6-14(9-17(16)25-18)24-19(21)11-15-3-2-8-26-15/h2-10H,11H2,1H3/b18-10-. The Hall–Kier alpha value is -3.12. The average Bonchev–Trinajstić information content (AvgIpc) is 3.31. The molecule has 0 radical (unpaired) electrons. The molecular weight excluding hydrogens is 352 g/mol. The van der Waals surface area contributed by atoms with Crippen molar-refractivity contribution in [2.75, 3.05) is 0 Å². The number of hydrogen-bond acceptors (Lipinski definition) is 6. The number of furan rings is 1. The van der Waals surface area contributed by atoms with Gasteiger partial charge in [0.05, 0.1) is 12.0 Å². The predicted octanol–water partition coefficient (Wildman–Crippen LogP) is 4.41. The topological polar surface area (TPSA) is 65.7 Å².